The average molecular weight is 339 g/mol. The molecule has 1 aromatic heterocycles. The van der Waals surface area contributed by atoms with E-state index in [0.29, 0.717) is 0 Å². The Morgan fingerprint density at radius 2 is 1.95 bits per heavy atom. The molecule has 0 N–H and O–H groups in total. The van der Waals surface area contributed by atoms with Gasteiger partial charge in [-0.2, -0.15) is 0 Å². The molecule has 1 aliphatic rings. The number of rotatable bonds is 3. The van der Waals surface area contributed by atoms with E-state index in [2.05, 4.69) is 50.5 Å². The van der Waals surface area contributed by atoms with E-state index in [1.165, 1.54) is 5.56 Å². The van der Waals surface area contributed by atoms with Gasteiger partial charge in [-0.05, 0) is 12.1 Å². The first-order valence-electron chi connectivity index (χ1n) is 6.32. The fraction of sp³-hybridized carbons (Fsp3) is 0.357. The summed E-state index contributed by atoms with van der Waals surface area (Å²) in [4.78, 5) is 7.12. The summed E-state index contributed by atoms with van der Waals surface area (Å²) in [5.74, 6) is 0. The van der Waals surface area contributed by atoms with E-state index in [-0.39, 0.29) is 0 Å². The minimum absolute atomic E-state index is 0.837. The lowest BCUT2D eigenvalue weighted by molar-refractivity contribution is 0.0337. The third kappa shape index (κ3) is 3.42. The molecule has 5 heteroatoms. The third-order valence-electron chi connectivity index (χ3n) is 3.13. The second kappa shape index (κ2) is 6.13. The van der Waals surface area contributed by atoms with Crippen molar-refractivity contribution >= 4 is 27.3 Å². The minimum atomic E-state index is 0.837. The van der Waals surface area contributed by atoms with Crippen molar-refractivity contribution in [1.82, 2.24) is 9.88 Å². The summed E-state index contributed by atoms with van der Waals surface area (Å²) >= 11 is 5.17. The van der Waals surface area contributed by atoms with Gasteiger partial charge in [0, 0.05) is 35.1 Å². The molecule has 3 rings (SSSR count). The predicted molar refractivity (Wildman–Crippen MR) is 81.3 cm³/mol. The number of aromatic nitrogens is 1. The molecule has 0 atom stereocenters. The second-order valence-electron chi connectivity index (χ2n) is 4.54. The largest absolute Gasteiger partial charge is 0.379 e. The van der Waals surface area contributed by atoms with Gasteiger partial charge in [-0.1, -0.05) is 28.1 Å². The van der Waals surface area contributed by atoms with E-state index >= 15 is 0 Å². The van der Waals surface area contributed by atoms with Crippen molar-refractivity contribution in [3.05, 3.63) is 39.8 Å². The maximum atomic E-state index is 5.36. The Balaban J connectivity index is 1.70. The van der Waals surface area contributed by atoms with Crippen LogP contribution < -0.4 is 0 Å². The monoisotopic (exact) mass is 338 g/mol. The summed E-state index contributed by atoms with van der Waals surface area (Å²) in [5, 5.41) is 3.25. The van der Waals surface area contributed by atoms with Gasteiger partial charge in [0.15, 0.2) is 0 Å². The number of hydrogen-bond acceptors (Lipinski definition) is 4. The Bertz CT molecular complexity index is 535. The van der Waals surface area contributed by atoms with Crippen LogP contribution in [0.3, 0.4) is 0 Å². The van der Waals surface area contributed by atoms with Gasteiger partial charge < -0.3 is 4.74 Å². The Morgan fingerprint density at radius 1 is 1.21 bits per heavy atom. The summed E-state index contributed by atoms with van der Waals surface area (Å²) in [7, 11) is 0. The third-order valence-corrected chi connectivity index (χ3v) is 4.60. The standard InChI is InChI=1S/C14H15BrN2OS/c15-12-3-1-11(2-4-12)14-16-13(10-19-14)9-17-5-7-18-8-6-17/h1-4,10H,5-9H2. The molecule has 0 amide bonds. The number of nitrogens with zero attached hydrogens (tertiary/aromatic N) is 2. The molecule has 1 aliphatic heterocycles. The van der Waals surface area contributed by atoms with Crippen LogP contribution in [0.4, 0.5) is 0 Å². The van der Waals surface area contributed by atoms with Crippen LogP contribution in [0.2, 0.25) is 0 Å². The summed E-state index contributed by atoms with van der Waals surface area (Å²) in [6.45, 7) is 4.61. The van der Waals surface area contributed by atoms with Gasteiger partial charge in [-0.25, -0.2) is 4.98 Å². The van der Waals surface area contributed by atoms with E-state index < -0.39 is 0 Å². The number of benzene rings is 1. The summed E-state index contributed by atoms with van der Waals surface area (Å²) in [6, 6.07) is 8.31. The molecule has 3 nitrogen and oxygen atoms in total. The highest BCUT2D eigenvalue weighted by Gasteiger charge is 2.13. The zero-order valence-corrected chi connectivity index (χ0v) is 12.9. The average Bonchev–Trinajstić information content (AvgIpc) is 2.89. The molecule has 19 heavy (non-hydrogen) atoms. The van der Waals surface area contributed by atoms with Crippen LogP contribution in [-0.2, 0) is 11.3 Å². The fourth-order valence-electron chi connectivity index (χ4n) is 2.09. The van der Waals surface area contributed by atoms with E-state index in [1.807, 2.05) is 0 Å². The molecule has 0 unspecified atom stereocenters. The van der Waals surface area contributed by atoms with Gasteiger partial charge in [0.1, 0.15) is 5.01 Å². The first-order valence-corrected chi connectivity index (χ1v) is 7.99. The van der Waals surface area contributed by atoms with Crippen LogP contribution in [0.15, 0.2) is 34.1 Å². The van der Waals surface area contributed by atoms with Gasteiger partial charge in [0.2, 0.25) is 0 Å². The van der Waals surface area contributed by atoms with Gasteiger partial charge in [0.25, 0.3) is 0 Å². The Morgan fingerprint density at radius 3 is 2.68 bits per heavy atom. The maximum Gasteiger partial charge on any atom is 0.123 e. The SMILES string of the molecule is Brc1ccc(-c2nc(CN3CCOCC3)cs2)cc1. The highest BCUT2D eigenvalue weighted by Crippen LogP contribution is 2.25. The number of halogens is 1. The van der Waals surface area contributed by atoms with Crippen molar-refractivity contribution in [3.63, 3.8) is 0 Å². The van der Waals surface area contributed by atoms with E-state index in [0.717, 1.165) is 48.0 Å². The number of ether oxygens (including phenoxy) is 1. The summed E-state index contributed by atoms with van der Waals surface area (Å²) < 4.78 is 6.46. The highest BCUT2D eigenvalue weighted by atomic mass is 79.9. The summed E-state index contributed by atoms with van der Waals surface area (Å²) in [5.41, 5.74) is 2.34. The van der Waals surface area contributed by atoms with Crippen LogP contribution >= 0.6 is 27.3 Å². The molecule has 100 valence electrons. The van der Waals surface area contributed by atoms with Gasteiger partial charge in [-0.15, -0.1) is 11.3 Å². The molecule has 1 aromatic carbocycles. The van der Waals surface area contributed by atoms with Crippen molar-refractivity contribution in [1.29, 1.82) is 0 Å². The molecule has 0 saturated carbocycles. The maximum absolute atomic E-state index is 5.36. The molecule has 0 radical (unpaired) electrons. The van der Waals surface area contributed by atoms with Crippen molar-refractivity contribution in [2.24, 2.45) is 0 Å². The lowest BCUT2D eigenvalue weighted by atomic mass is 10.2. The number of morpholine rings is 1. The predicted octanol–water partition coefficient (Wildman–Crippen LogP) is 3.40. The molecule has 0 bridgehead atoms. The molecular weight excluding hydrogens is 324 g/mol. The van der Waals surface area contributed by atoms with Crippen molar-refractivity contribution < 1.29 is 4.74 Å². The van der Waals surface area contributed by atoms with Crippen molar-refractivity contribution in [2.75, 3.05) is 26.3 Å². The van der Waals surface area contributed by atoms with Crippen molar-refractivity contribution in [2.45, 2.75) is 6.54 Å². The van der Waals surface area contributed by atoms with Crippen LogP contribution in [0.25, 0.3) is 10.6 Å². The van der Waals surface area contributed by atoms with E-state index in [4.69, 9.17) is 9.72 Å². The molecule has 2 aromatic rings. The first kappa shape index (κ1) is 13.2. The van der Waals surface area contributed by atoms with E-state index in [9.17, 15) is 0 Å². The Labute approximate surface area is 125 Å². The lowest BCUT2D eigenvalue weighted by Crippen LogP contribution is -2.35. The first-order chi connectivity index (χ1) is 9.31. The Hall–Kier alpha value is -0.750. The molecule has 1 saturated heterocycles. The van der Waals surface area contributed by atoms with Crippen LogP contribution in [-0.4, -0.2) is 36.2 Å². The summed E-state index contributed by atoms with van der Waals surface area (Å²) in [6.07, 6.45) is 0. The second-order valence-corrected chi connectivity index (χ2v) is 6.31. The van der Waals surface area contributed by atoms with Crippen LogP contribution in [0.5, 0.6) is 0 Å². The zero-order valence-electron chi connectivity index (χ0n) is 10.5. The van der Waals surface area contributed by atoms with Gasteiger partial charge in [0.05, 0.1) is 18.9 Å². The van der Waals surface area contributed by atoms with E-state index in [1.54, 1.807) is 11.3 Å². The molecule has 0 aliphatic carbocycles. The zero-order chi connectivity index (χ0) is 13.1. The fourth-order valence-corrected chi connectivity index (χ4v) is 3.17. The van der Waals surface area contributed by atoms with Gasteiger partial charge in [-0.3, -0.25) is 4.90 Å². The lowest BCUT2D eigenvalue weighted by Gasteiger charge is -2.25. The van der Waals surface area contributed by atoms with Crippen molar-refractivity contribution in [3.8, 4) is 10.6 Å². The topological polar surface area (TPSA) is 25.4 Å². The van der Waals surface area contributed by atoms with Crippen LogP contribution in [0.1, 0.15) is 5.69 Å². The molecule has 0 spiro atoms. The molecule has 1 fully saturated rings. The number of thiazole rings is 1. The quantitative estimate of drug-likeness (QED) is 0.857. The van der Waals surface area contributed by atoms with Gasteiger partial charge >= 0.3 is 0 Å². The minimum Gasteiger partial charge on any atom is -0.379 e. The molecular formula is C14H15BrN2OS. The normalized spacial score (nSPS) is 16.7. The number of hydrogen-bond donors (Lipinski definition) is 0. The smallest absolute Gasteiger partial charge is 0.123 e. The Kier molecular flexibility index (Phi) is 4.28. The highest BCUT2D eigenvalue weighted by molar-refractivity contribution is 9.10. The van der Waals surface area contributed by atoms with Crippen LogP contribution in [0, 0.1) is 0 Å². The molecule has 2 heterocycles.